The molecule has 0 aromatic heterocycles. The third-order valence-electron chi connectivity index (χ3n) is 4.27. The summed E-state index contributed by atoms with van der Waals surface area (Å²) in [4.78, 5) is 24.3. The molecule has 0 unspecified atom stereocenters. The van der Waals surface area contributed by atoms with Gasteiger partial charge in [0.2, 0.25) is 5.78 Å². The van der Waals surface area contributed by atoms with Crippen molar-refractivity contribution >= 4 is 50.7 Å². The molecule has 0 saturated carbocycles. The molecule has 0 spiro atoms. The average molecular weight is 508 g/mol. The quantitative estimate of drug-likeness (QED) is 0.236. The molecule has 172 valence electrons. The molecule has 0 saturated heterocycles. The first-order valence-electron chi connectivity index (χ1n) is 9.28. The first-order chi connectivity index (χ1) is 15.5. The summed E-state index contributed by atoms with van der Waals surface area (Å²) < 4.78 is 32.6. The van der Waals surface area contributed by atoms with Crippen LogP contribution < -0.4 is 10.0 Å². The maximum atomic E-state index is 13.3. The highest BCUT2D eigenvalue weighted by Gasteiger charge is 2.26. The van der Waals surface area contributed by atoms with Crippen molar-refractivity contribution in [2.24, 2.45) is 5.73 Å². The maximum Gasteiger partial charge on any atom is 0.340 e. The van der Waals surface area contributed by atoms with Gasteiger partial charge in [0.05, 0.1) is 27.7 Å². The van der Waals surface area contributed by atoms with Gasteiger partial charge in [0, 0.05) is 10.7 Å². The van der Waals surface area contributed by atoms with Crippen molar-refractivity contribution in [1.82, 2.24) is 0 Å². The number of sulfonamides is 1. The molecule has 8 nitrogen and oxygen atoms in total. The van der Waals surface area contributed by atoms with Crippen LogP contribution in [0.25, 0.3) is 0 Å². The highest BCUT2D eigenvalue weighted by molar-refractivity contribution is 7.92. The van der Waals surface area contributed by atoms with Crippen LogP contribution in [0.5, 0.6) is 0 Å². The number of nitriles is 1. The number of nitrogens with two attached hydrogens (primary N) is 1. The van der Waals surface area contributed by atoms with Gasteiger partial charge in [0.1, 0.15) is 11.6 Å². The fourth-order valence-electron chi connectivity index (χ4n) is 2.67. The van der Waals surface area contributed by atoms with E-state index >= 15 is 0 Å². The lowest BCUT2D eigenvalue weighted by Crippen LogP contribution is -2.31. The van der Waals surface area contributed by atoms with E-state index in [0.29, 0.717) is 10.7 Å². The average Bonchev–Trinajstić information content (AvgIpc) is 2.76. The molecular weight excluding hydrogens is 489 g/mol. The van der Waals surface area contributed by atoms with Gasteiger partial charge >= 0.3 is 5.97 Å². The molecule has 2 N–H and O–H groups in total. The molecule has 33 heavy (non-hydrogen) atoms. The Balaban J connectivity index is 2.37. The lowest BCUT2D eigenvalue weighted by molar-refractivity contribution is -0.118. The number of halogens is 2. The van der Waals surface area contributed by atoms with Crippen LogP contribution in [-0.4, -0.2) is 33.3 Å². The number of ketones is 1. The number of carbonyl (C=O) groups is 2. The van der Waals surface area contributed by atoms with Gasteiger partial charge in [0.15, 0.2) is 6.61 Å². The lowest BCUT2D eigenvalue weighted by Gasteiger charge is -2.23. The molecule has 11 heteroatoms. The van der Waals surface area contributed by atoms with Gasteiger partial charge in [-0.25, -0.2) is 13.2 Å². The minimum absolute atomic E-state index is 0.0193. The molecule has 0 atom stereocenters. The monoisotopic (exact) mass is 507 g/mol. The fourth-order valence-corrected chi connectivity index (χ4v) is 4.45. The number of nitrogens with zero attached hydrogens (tertiary/aromatic N) is 2. The van der Waals surface area contributed by atoms with E-state index in [2.05, 4.69) is 6.58 Å². The van der Waals surface area contributed by atoms with Crippen LogP contribution in [0.2, 0.25) is 10.0 Å². The maximum absolute atomic E-state index is 13.3. The summed E-state index contributed by atoms with van der Waals surface area (Å²) in [6.07, 6.45) is 1.41. The Hall–Kier alpha value is -3.32. The summed E-state index contributed by atoms with van der Waals surface area (Å²) >= 11 is 12.0. The number of carbonyl (C=O) groups excluding carboxylic acids is 2. The Morgan fingerprint density at radius 3 is 2.39 bits per heavy atom. The third-order valence-corrected chi connectivity index (χ3v) is 6.65. The number of hydrogen-bond donors (Lipinski definition) is 1. The van der Waals surface area contributed by atoms with Crippen LogP contribution in [0.4, 0.5) is 5.69 Å². The zero-order valence-electron chi connectivity index (χ0n) is 17.4. The minimum atomic E-state index is -4.14. The van der Waals surface area contributed by atoms with Gasteiger partial charge in [0.25, 0.3) is 10.0 Å². The molecule has 0 aliphatic rings. The van der Waals surface area contributed by atoms with Crippen molar-refractivity contribution < 1.29 is 22.7 Å². The SMILES string of the molecule is C=CCN(c1ccc(Cl)cc1)S(=O)(=O)c1ccc(Cl)c(C(=O)OCC(=O)/C(C#N)=C(\C)N)c1. The lowest BCUT2D eigenvalue weighted by atomic mass is 10.1. The Labute approximate surface area is 201 Å². The number of ether oxygens (including phenoxy) is 1. The van der Waals surface area contributed by atoms with Gasteiger partial charge in [-0.2, -0.15) is 5.26 Å². The molecular formula is C22H19Cl2N3O5S. The van der Waals surface area contributed by atoms with Crippen molar-refractivity contribution in [2.75, 3.05) is 17.5 Å². The summed E-state index contributed by atoms with van der Waals surface area (Å²) in [6, 6.07) is 11.3. The largest absolute Gasteiger partial charge is 0.454 e. The van der Waals surface area contributed by atoms with Crippen LogP contribution in [-0.2, 0) is 19.6 Å². The highest BCUT2D eigenvalue weighted by atomic mass is 35.5. The summed E-state index contributed by atoms with van der Waals surface area (Å²) in [5, 5.41) is 9.31. The second-order valence-electron chi connectivity index (χ2n) is 6.61. The van der Waals surface area contributed by atoms with Crippen molar-refractivity contribution in [3.05, 3.63) is 82.0 Å². The Morgan fingerprint density at radius 2 is 1.85 bits per heavy atom. The molecule has 2 rings (SSSR count). The van der Waals surface area contributed by atoms with Crippen LogP contribution in [0.3, 0.4) is 0 Å². The Bertz CT molecular complexity index is 1260. The number of anilines is 1. The Kier molecular flexibility index (Phi) is 8.65. The van der Waals surface area contributed by atoms with Gasteiger partial charge in [-0.05, 0) is 49.4 Å². The first kappa shape index (κ1) is 25.9. The molecule has 0 aliphatic heterocycles. The van der Waals surface area contributed by atoms with E-state index in [9.17, 15) is 18.0 Å². The third kappa shape index (κ3) is 6.14. The van der Waals surface area contributed by atoms with E-state index in [1.165, 1.54) is 49.4 Å². The van der Waals surface area contributed by atoms with E-state index in [-0.39, 0.29) is 33.3 Å². The van der Waals surface area contributed by atoms with E-state index < -0.39 is 28.4 Å². The number of Topliss-reactive ketones (excluding diaryl/α,β-unsaturated/α-hetero) is 1. The summed E-state index contributed by atoms with van der Waals surface area (Å²) in [5.74, 6) is -1.84. The molecule has 0 aliphatic carbocycles. The zero-order chi connectivity index (χ0) is 24.8. The molecule has 0 bridgehead atoms. The van der Waals surface area contributed by atoms with Gasteiger partial charge in [-0.15, -0.1) is 6.58 Å². The number of rotatable bonds is 9. The van der Waals surface area contributed by atoms with Crippen LogP contribution in [0, 0.1) is 11.3 Å². The van der Waals surface area contributed by atoms with E-state index in [1.807, 2.05) is 0 Å². The summed E-state index contributed by atoms with van der Waals surface area (Å²) in [5.41, 5.74) is 5.16. The number of hydrogen-bond acceptors (Lipinski definition) is 7. The molecule has 0 amide bonds. The molecule has 2 aromatic carbocycles. The van der Waals surface area contributed by atoms with Crippen LogP contribution in [0.15, 0.2) is 71.3 Å². The Morgan fingerprint density at radius 1 is 1.21 bits per heavy atom. The van der Waals surface area contributed by atoms with E-state index in [1.54, 1.807) is 6.07 Å². The first-order valence-corrected chi connectivity index (χ1v) is 11.5. The number of esters is 1. The number of allylic oxidation sites excluding steroid dienone is 1. The van der Waals surface area contributed by atoms with Crippen molar-refractivity contribution in [3.8, 4) is 6.07 Å². The second-order valence-corrected chi connectivity index (χ2v) is 9.32. The molecule has 2 aromatic rings. The highest BCUT2D eigenvalue weighted by Crippen LogP contribution is 2.28. The molecule has 0 heterocycles. The minimum Gasteiger partial charge on any atom is -0.454 e. The fraction of sp³-hybridized carbons (Fsp3) is 0.136. The van der Waals surface area contributed by atoms with E-state index in [0.717, 1.165) is 10.4 Å². The summed E-state index contributed by atoms with van der Waals surface area (Å²) in [6.45, 7) is 4.13. The van der Waals surface area contributed by atoms with Crippen molar-refractivity contribution in [2.45, 2.75) is 11.8 Å². The summed E-state index contributed by atoms with van der Waals surface area (Å²) in [7, 11) is -4.14. The smallest absolute Gasteiger partial charge is 0.340 e. The van der Waals surface area contributed by atoms with Crippen molar-refractivity contribution in [1.29, 1.82) is 5.26 Å². The topological polar surface area (TPSA) is 131 Å². The predicted molar refractivity (Wildman–Crippen MR) is 125 cm³/mol. The zero-order valence-corrected chi connectivity index (χ0v) is 19.7. The van der Waals surface area contributed by atoms with Gasteiger partial charge in [-0.3, -0.25) is 9.10 Å². The van der Waals surface area contributed by atoms with Crippen molar-refractivity contribution in [3.63, 3.8) is 0 Å². The van der Waals surface area contributed by atoms with Crippen LogP contribution >= 0.6 is 23.2 Å². The standard InChI is InChI=1S/C22H19Cl2N3O5S/c1-3-10-27(16-6-4-15(23)5-7-16)33(30,31)17-8-9-20(24)18(11-17)22(29)32-13-21(28)19(12-25)14(2)26/h3-9,11H,1,10,13,26H2,2H3/b19-14+. The molecule has 0 radical (unpaired) electrons. The normalized spacial score (nSPS) is 11.7. The van der Waals surface area contributed by atoms with Gasteiger partial charge < -0.3 is 10.5 Å². The predicted octanol–water partition coefficient (Wildman–Crippen LogP) is 3.86. The number of benzene rings is 2. The van der Waals surface area contributed by atoms with Crippen LogP contribution in [0.1, 0.15) is 17.3 Å². The van der Waals surface area contributed by atoms with E-state index in [4.69, 9.17) is 38.9 Å². The second kappa shape index (κ2) is 11.0. The van der Waals surface area contributed by atoms with Gasteiger partial charge in [-0.1, -0.05) is 29.3 Å². The molecule has 0 fully saturated rings.